The molecule has 0 fully saturated rings. The number of fused-ring (bicyclic) bond motifs is 1. The van der Waals surface area contributed by atoms with E-state index in [9.17, 15) is 4.79 Å². The third kappa shape index (κ3) is 1.33. The molecule has 0 aromatic carbocycles. The first kappa shape index (κ1) is 9.94. The molecule has 0 radical (unpaired) electrons. The Kier molecular flexibility index (Phi) is 2.19. The minimum Gasteiger partial charge on any atom is -0.307 e. The van der Waals surface area contributed by atoms with Crippen LogP contribution in [0.3, 0.4) is 0 Å². The third-order valence-electron chi connectivity index (χ3n) is 2.30. The Morgan fingerprint density at radius 3 is 2.88 bits per heavy atom. The molecule has 0 unspecified atom stereocenters. The van der Waals surface area contributed by atoms with E-state index in [1.165, 1.54) is 15.3 Å². The van der Waals surface area contributed by atoms with E-state index in [1.807, 2.05) is 12.1 Å². The summed E-state index contributed by atoms with van der Waals surface area (Å²) < 4.78 is 2.79. The molecular weight excluding hydrogens is 206 g/mol. The topological polar surface area (TPSA) is 87.4 Å². The van der Waals surface area contributed by atoms with Crippen LogP contribution < -0.4 is 5.56 Å². The molecular formula is C10H7N5O. The molecule has 0 saturated carbocycles. The Hall–Kier alpha value is -2.60. The predicted molar refractivity (Wildman–Crippen MR) is 55.3 cm³/mol. The first-order valence-corrected chi connectivity index (χ1v) is 4.51. The summed E-state index contributed by atoms with van der Waals surface area (Å²) in [6.07, 6.45) is 1.61. The summed E-state index contributed by atoms with van der Waals surface area (Å²) >= 11 is 0. The van der Waals surface area contributed by atoms with Gasteiger partial charge in [0, 0.05) is 7.05 Å². The molecule has 0 N–H and O–H groups in total. The lowest BCUT2D eigenvalue weighted by Crippen LogP contribution is -2.19. The van der Waals surface area contributed by atoms with E-state index in [2.05, 4.69) is 5.10 Å². The Morgan fingerprint density at radius 1 is 1.50 bits per heavy atom. The number of nitriles is 2. The number of pyridine rings is 1. The van der Waals surface area contributed by atoms with Gasteiger partial charge in [-0.3, -0.25) is 9.48 Å². The zero-order chi connectivity index (χ0) is 11.7. The van der Waals surface area contributed by atoms with Crippen LogP contribution in [0, 0.1) is 22.7 Å². The fourth-order valence-corrected chi connectivity index (χ4v) is 1.51. The molecule has 2 aromatic heterocycles. The molecule has 6 nitrogen and oxygen atoms in total. The van der Waals surface area contributed by atoms with Crippen LogP contribution >= 0.6 is 0 Å². The van der Waals surface area contributed by atoms with Crippen LogP contribution in [0.5, 0.6) is 0 Å². The van der Waals surface area contributed by atoms with Crippen molar-refractivity contribution >= 4 is 11.0 Å². The summed E-state index contributed by atoms with van der Waals surface area (Å²) in [4.78, 5) is 11.6. The minimum atomic E-state index is -0.355. The van der Waals surface area contributed by atoms with Gasteiger partial charge in [0.2, 0.25) is 0 Å². The zero-order valence-electron chi connectivity index (χ0n) is 8.51. The van der Waals surface area contributed by atoms with Crippen molar-refractivity contribution in [3.8, 4) is 12.1 Å². The van der Waals surface area contributed by atoms with Gasteiger partial charge in [0.15, 0.2) is 0 Å². The van der Waals surface area contributed by atoms with Crippen molar-refractivity contribution in [2.24, 2.45) is 7.05 Å². The van der Waals surface area contributed by atoms with E-state index in [0.29, 0.717) is 11.0 Å². The second-order valence-corrected chi connectivity index (χ2v) is 3.29. The first-order chi connectivity index (χ1) is 7.67. The number of hydrogen-bond acceptors (Lipinski definition) is 4. The molecule has 0 bridgehead atoms. The van der Waals surface area contributed by atoms with Gasteiger partial charge in [-0.1, -0.05) is 0 Å². The van der Waals surface area contributed by atoms with E-state index < -0.39 is 0 Å². The van der Waals surface area contributed by atoms with Gasteiger partial charge in [-0.15, -0.1) is 0 Å². The highest BCUT2D eigenvalue weighted by Crippen LogP contribution is 2.10. The van der Waals surface area contributed by atoms with Crippen molar-refractivity contribution in [1.29, 1.82) is 10.5 Å². The van der Waals surface area contributed by atoms with E-state index in [-0.39, 0.29) is 17.7 Å². The molecule has 16 heavy (non-hydrogen) atoms. The Morgan fingerprint density at radius 2 is 2.25 bits per heavy atom. The molecule has 0 amide bonds. The van der Waals surface area contributed by atoms with Gasteiger partial charge < -0.3 is 4.57 Å². The maximum absolute atomic E-state index is 11.6. The maximum Gasteiger partial charge on any atom is 0.268 e. The van der Waals surface area contributed by atoms with Crippen LogP contribution in [0.1, 0.15) is 5.56 Å². The normalized spacial score (nSPS) is 9.94. The zero-order valence-corrected chi connectivity index (χ0v) is 8.51. The number of aryl methyl sites for hydroxylation is 1. The number of nitrogens with zero attached hydrogens (tertiary/aromatic N) is 5. The lowest BCUT2D eigenvalue weighted by Gasteiger charge is -1.97. The molecule has 0 saturated heterocycles. The highest BCUT2D eigenvalue weighted by Gasteiger charge is 2.09. The Labute approximate surface area is 90.6 Å². The molecule has 2 aromatic rings. The highest BCUT2D eigenvalue weighted by atomic mass is 16.1. The standard InChI is InChI=1S/C10H7N5O/c1-14-9-6-15(3-2-11)13-8(9)4-7(5-12)10(14)16/h4,6H,3H2,1H3. The van der Waals surface area contributed by atoms with Crippen LogP contribution in [0.25, 0.3) is 11.0 Å². The second kappa shape index (κ2) is 3.52. The average molecular weight is 213 g/mol. The van der Waals surface area contributed by atoms with Gasteiger partial charge in [-0.05, 0) is 6.07 Å². The van der Waals surface area contributed by atoms with Crippen LogP contribution in [0.2, 0.25) is 0 Å². The summed E-state index contributed by atoms with van der Waals surface area (Å²) in [5.74, 6) is 0. The second-order valence-electron chi connectivity index (χ2n) is 3.29. The molecule has 0 aliphatic heterocycles. The van der Waals surface area contributed by atoms with Crippen molar-refractivity contribution in [3.05, 3.63) is 28.2 Å². The highest BCUT2D eigenvalue weighted by molar-refractivity contribution is 5.75. The van der Waals surface area contributed by atoms with Crippen LogP contribution in [0.4, 0.5) is 0 Å². The Bertz CT molecular complexity index is 695. The predicted octanol–water partition coefficient (Wildman–Crippen LogP) is 0.130. The summed E-state index contributed by atoms with van der Waals surface area (Å²) in [6, 6.07) is 5.21. The lowest BCUT2D eigenvalue weighted by molar-refractivity contribution is 0.718. The van der Waals surface area contributed by atoms with E-state index >= 15 is 0 Å². The molecule has 0 aliphatic carbocycles. The van der Waals surface area contributed by atoms with E-state index in [4.69, 9.17) is 10.5 Å². The molecule has 2 heterocycles. The number of aromatic nitrogens is 3. The van der Waals surface area contributed by atoms with Gasteiger partial charge in [-0.2, -0.15) is 15.6 Å². The summed E-state index contributed by atoms with van der Waals surface area (Å²) in [5.41, 5.74) is 0.844. The van der Waals surface area contributed by atoms with Gasteiger partial charge in [0.05, 0.1) is 17.8 Å². The minimum absolute atomic E-state index is 0.0530. The summed E-state index contributed by atoms with van der Waals surface area (Å²) in [6.45, 7) is 0.116. The maximum atomic E-state index is 11.6. The van der Waals surface area contributed by atoms with Crippen LogP contribution in [-0.4, -0.2) is 14.3 Å². The largest absolute Gasteiger partial charge is 0.307 e. The number of rotatable bonds is 1. The van der Waals surface area contributed by atoms with E-state index in [0.717, 1.165) is 0 Å². The fraction of sp³-hybridized carbons (Fsp3) is 0.200. The van der Waals surface area contributed by atoms with Gasteiger partial charge in [-0.25, -0.2) is 0 Å². The molecule has 0 aliphatic rings. The first-order valence-electron chi connectivity index (χ1n) is 4.51. The fourth-order valence-electron chi connectivity index (χ4n) is 1.51. The average Bonchev–Trinajstić information content (AvgIpc) is 2.67. The van der Waals surface area contributed by atoms with Crippen LogP contribution in [0.15, 0.2) is 17.1 Å². The third-order valence-corrected chi connectivity index (χ3v) is 2.30. The van der Waals surface area contributed by atoms with Crippen molar-refractivity contribution in [1.82, 2.24) is 14.3 Å². The monoisotopic (exact) mass is 213 g/mol. The van der Waals surface area contributed by atoms with E-state index in [1.54, 1.807) is 13.2 Å². The Balaban J connectivity index is 2.80. The molecule has 0 atom stereocenters. The molecule has 6 heteroatoms. The van der Waals surface area contributed by atoms with Crippen molar-refractivity contribution in [2.45, 2.75) is 6.54 Å². The summed E-state index contributed by atoms with van der Waals surface area (Å²) in [7, 11) is 1.57. The molecule has 0 spiro atoms. The van der Waals surface area contributed by atoms with Gasteiger partial charge in [0.25, 0.3) is 5.56 Å². The quantitative estimate of drug-likeness (QED) is 0.673. The van der Waals surface area contributed by atoms with Gasteiger partial charge >= 0.3 is 0 Å². The molecule has 2 rings (SSSR count). The number of hydrogen-bond donors (Lipinski definition) is 0. The smallest absolute Gasteiger partial charge is 0.268 e. The van der Waals surface area contributed by atoms with Crippen molar-refractivity contribution < 1.29 is 0 Å². The van der Waals surface area contributed by atoms with Crippen molar-refractivity contribution in [3.63, 3.8) is 0 Å². The lowest BCUT2D eigenvalue weighted by atomic mass is 10.2. The van der Waals surface area contributed by atoms with Crippen LogP contribution in [-0.2, 0) is 13.6 Å². The molecule has 78 valence electrons. The van der Waals surface area contributed by atoms with Crippen molar-refractivity contribution in [2.75, 3.05) is 0 Å². The van der Waals surface area contributed by atoms with Gasteiger partial charge in [0.1, 0.15) is 23.7 Å². The summed E-state index contributed by atoms with van der Waals surface area (Å²) in [5, 5.41) is 21.4. The SMILES string of the molecule is Cn1c(=O)c(C#N)cc2nn(CC#N)cc21.